The summed E-state index contributed by atoms with van der Waals surface area (Å²) in [5.74, 6) is 0. The fraction of sp³-hybridized carbons (Fsp3) is 0.188. The first kappa shape index (κ1) is 17.1. The monoisotopic (exact) mass is 397 g/mol. The Hall–Kier alpha value is -1.24. The van der Waals surface area contributed by atoms with E-state index in [0.717, 1.165) is 16.7 Å². The van der Waals surface area contributed by atoms with E-state index in [0.29, 0.717) is 8.99 Å². The van der Waals surface area contributed by atoms with Gasteiger partial charge in [-0.3, -0.25) is 0 Å². The van der Waals surface area contributed by atoms with Crippen LogP contribution in [-0.4, -0.2) is 13.0 Å². The molecule has 3 nitrogen and oxygen atoms in total. The lowest BCUT2D eigenvalue weighted by Gasteiger charge is -2.10. The van der Waals surface area contributed by atoms with E-state index in [2.05, 4.69) is 15.9 Å². The number of halogens is 1. The molecule has 1 heterocycles. The maximum absolute atomic E-state index is 12.5. The van der Waals surface area contributed by atoms with E-state index in [1.54, 1.807) is 24.7 Å². The van der Waals surface area contributed by atoms with Crippen LogP contribution in [0.4, 0.5) is 0 Å². The Morgan fingerprint density at radius 2 is 2.00 bits per heavy atom. The molecule has 0 saturated carbocycles. The number of hydrogen-bond donors (Lipinski definition) is 0. The molecule has 0 aliphatic heterocycles. The summed E-state index contributed by atoms with van der Waals surface area (Å²) in [5, 5.41) is 1.18. The van der Waals surface area contributed by atoms with Gasteiger partial charge in [0, 0.05) is 34.9 Å². The van der Waals surface area contributed by atoms with Crippen molar-refractivity contribution in [2.45, 2.75) is 18.7 Å². The average molecular weight is 398 g/mol. The number of rotatable bonds is 3. The highest BCUT2D eigenvalue weighted by Crippen LogP contribution is 2.27. The standard InChI is InChI=1S/C16H16BrNO2S2/c1-11-5-4-6-13(7-11)14-8-18(3)9-15(16(14)21)22(19,20)10-12(2)17/h4-10H,1-3H3/b12-10+. The molecule has 1 aromatic heterocycles. The second kappa shape index (κ2) is 6.48. The van der Waals surface area contributed by atoms with Gasteiger partial charge in [-0.15, -0.1) is 0 Å². The first-order valence-corrected chi connectivity index (χ1v) is 9.31. The van der Waals surface area contributed by atoms with Crippen LogP contribution in [0.25, 0.3) is 11.1 Å². The molecular weight excluding hydrogens is 382 g/mol. The molecule has 2 rings (SSSR count). The fourth-order valence-electron chi connectivity index (χ4n) is 2.17. The van der Waals surface area contributed by atoms with E-state index < -0.39 is 9.84 Å². The lowest BCUT2D eigenvalue weighted by Crippen LogP contribution is -2.03. The van der Waals surface area contributed by atoms with Crippen LogP contribution in [0.2, 0.25) is 0 Å². The average Bonchev–Trinajstić information content (AvgIpc) is 2.39. The molecule has 0 unspecified atom stereocenters. The minimum atomic E-state index is -3.59. The molecule has 1 aromatic carbocycles. The highest BCUT2D eigenvalue weighted by Gasteiger charge is 2.17. The molecule has 0 fully saturated rings. The smallest absolute Gasteiger partial charge is 0.203 e. The van der Waals surface area contributed by atoms with Crippen molar-refractivity contribution in [1.82, 2.24) is 4.57 Å². The van der Waals surface area contributed by atoms with Gasteiger partial charge in [-0.1, -0.05) is 58.0 Å². The van der Waals surface area contributed by atoms with Crippen molar-refractivity contribution in [1.29, 1.82) is 0 Å². The lowest BCUT2D eigenvalue weighted by molar-refractivity contribution is 0.603. The van der Waals surface area contributed by atoms with Crippen molar-refractivity contribution in [2.75, 3.05) is 0 Å². The van der Waals surface area contributed by atoms with Crippen molar-refractivity contribution in [3.63, 3.8) is 0 Å². The van der Waals surface area contributed by atoms with Gasteiger partial charge in [-0.2, -0.15) is 0 Å². The molecule has 2 aromatic rings. The molecule has 0 radical (unpaired) electrons. The Morgan fingerprint density at radius 1 is 1.32 bits per heavy atom. The van der Waals surface area contributed by atoms with E-state index in [1.807, 2.05) is 37.4 Å². The second-order valence-corrected chi connectivity index (χ2v) is 8.57. The molecule has 0 spiro atoms. The van der Waals surface area contributed by atoms with Crippen molar-refractivity contribution in [3.05, 3.63) is 56.6 Å². The van der Waals surface area contributed by atoms with Gasteiger partial charge in [0.2, 0.25) is 9.84 Å². The molecule has 0 aliphatic carbocycles. The minimum absolute atomic E-state index is 0.141. The number of aryl methyl sites for hydroxylation is 2. The summed E-state index contributed by atoms with van der Waals surface area (Å²) in [6.07, 6.45) is 3.39. The SMILES string of the molecule is C/C(Br)=C\S(=O)(=O)c1cn(C)cc(-c2cccc(C)c2)c1=S. The molecule has 22 heavy (non-hydrogen) atoms. The van der Waals surface area contributed by atoms with Crippen molar-refractivity contribution >= 4 is 38.0 Å². The van der Waals surface area contributed by atoms with Crippen molar-refractivity contribution < 1.29 is 8.42 Å². The van der Waals surface area contributed by atoms with Gasteiger partial charge < -0.3 is 4.57 Å². The van der Waals surface area contributed by atoms with Crippen LogP contribution in [0.3, 0.4) is 0 Å². The van der Waals surface area contributed by atoms with Crippen molar-refractivity contribution in [2.24, 2.45) is 7.05 Å². The lowest BCUT2D eigenvalue weighted by atomic mass is 10.1. The van der Waals surface area contributed by atoms with Crippen molar-refractivity contribution in [3.8, 4) is 11.1 Å². The fourth-order valence-corrected chi connectivity index (χ4v) is 4.72. The Kier molecular flexibility index (Phi) is 5.04. The third-order valence-electron chi connectivity index (χ3n) is 3.08. The second-order valence-electron chi connectivity index (χ2n) is 5.15. The quantitative estimate of drug-likeness (QED) is 0.700. The molecule has 116 valence electrons. The summed E-state index contributed by atoms with van der Waals surface area (Å²) >= 11 is 8.61. The summed E-state index contributed by atoms with van der Waals surface area (Å²) in [6.45, 7) is 3.66. The van der Waals surface area contributed by atoms with E-state index >= 15 is 0 Å². The molecule has 0 aliphatic rings. The van der Waals surface area contributed by atoms with E-state index in [1.165, 1.54) is 5.41 Å². The number of benzene rings is 1. The number of allylic oxidation sites excluding steroid dienone is 1. The molecule has 6 heteroatoms. The largest absolute Gasteiger partial charge is 0.355 e. The van der Waals surface area contributed by atoms with E-state index in [-0.39, 0.29) is 4.90 Å². The number of hydrogen-bond acceptors (Lipinski definition) is 3. The predicted molar refractivity (Wildman–Crippen MR) is 96.3 cm³/mol. The third-order valence-corrected chi connectivity index (χ3v) is 5.76. The number of nitrogens with zero attached hydrogens (tertiary/aromatic N) is 1. The van der Waals surface area contributed by atoms with E-state index in [9.17, 15) is 8.42 Å². The Balaban J connectivity index is 2.76. The van der Waals surface area contributed by atoms with Gasteiger partial charge >= 0.3 is 0 Å². The zero-order valence-electron chi connectivity index (χ0n) is 12.5. The summed E-state index contributed by atoms with van der Waals surface area (Å²) in [7, 11) is -1.80. The maximum atomic E-state index is 12.5. The summed E-state index contributed by atoms with van der Waals surface area (Å²) in [5.41, 5.74) is 2.75. The van der Waals surface area contributed by atoms with Gasteiger partial charge in [0.15, 0.2) is 0 Å². The molecule has 0 atom stereocenters. The van der Waals surface area contributed by atoms with Crippen LogP contribution in [-0.2, 0) is 16.9 Å². The Bertz CT molecular complexity index is 908. The molecular formula is C16H16BrNO2S2. The van der Waals surface area contributed by atoms with Gasteiger partial charge in [0.25, 0.3) is 0 Å². The number of sulfone groups is 1. The van der Waals surface area contributed by atoms with Crippen LogP contribution in [0.5, 0.6) is 0 Å². The normalized spacial score (nSPS) is 12.5. The summed E-state index contributed by atoms with van der Waals surface area (Å²) < 4.78 is 27.6. The van der Waals surface area contributed by atoms with Gasteiger partial charge in [0.05, 0.1) is 4.51 Å². The number of aromatic nitrogens is 1. The Labute approximate surface area is 144 Å². The van der Waals surface area contributed by atoms with E-state index in [4.69, 9.17) is 12.2 Å². The van der Waals surface area contributed by atoms with Crippen LogP contribution in [0.15, 0.2) is 51.4 Å². The number of pyridine rings is 1. The van der Waals surface area contributed by atoms with Gasteiger partial charge in [0.1, 0.15) is 4.90 Å². The Morgan fingerprint density at radius 3 is 2.59 bits per heavy atom. The predicted octanol–water partition coefficient (Wildman–Crippen LogP) is 4.76. The van der Waals surface area contributed by atoms with Crippen LogP contribution in [0, 0.1) is 11.4 Å². The van der Waals surface area contributed by atoms with Gasteiger partial charge in [-0.25, -0.2) is 8.42 Å². The minimum Gasteiger partial charge on any atom is -0.355 e. The topological polar surface area (TPSA) is 39.1 Å². The maximum Gasteiger partial charge on any atom is 0.203 e. The highest BCUT2D eigenvalue weighted by molar-refractivity contribution is 9.11. The zero-order valence-corrected chi connectivity index (χ0v) is 15.7. The van der Waals surface area contributed by atoms with Crippen LogP contribution < -0.4 is 0 Å². The summed E-state index contributed by atoms with van der Waals surface area (Å²) in [4.78, 5) is 0.141. The summed E-state index contributed by atoms with van der Waals surface area (Å²) in [6, 6.07) is 7.85. The molecule has 0 bridgehead atoms. The molecule has 0 saturated heterocycles. The third kappa shape index (κ3) is 3.74. The zero-order chi connectivity index (χ0) is 16.5. The highest BCUT2D eigenvalue weighted by atomic mass is 79.9. The first-order chi connectivity index (χ1) is 10.2. The van der Waals surface area contributed by atoms with Crippen LogP contribution >= 0.6 is 28.1 Å². The van der Waals surface area contributed by atoms with Gasteiger partial charge in [-0.05, 0) is 19.4 Å². The molecule has 0 amide bonds. The van der Waals surface area contributed by atoms with Crippen LogP contribution in [0.1, 0.15) is 12.5 Å². The molecule has 0 N–H and O–H groups in total. The first-order valence-electron chi connectivity index (χ1n) is 6.57.